The monoisotopic (exact) mass is 759 g/mol. The molecule has 0 N–H and O–H groups in total. The van der Waals surface area contributed by atoms with Crippen LogP contribution in [-0.2, 0) is 37.1 Å². The Morgan fingerprint density at radius 1 is 0.638 bits per heavy atom. The van der Waals surface area contributed by atoms with Crippen LogP contribution in [-0.4, -0.2) is 0 Å². The van der Waals surface area contributed by atoms with Gasteiger partial charge in [-0.15, -0.1) is 0 Å². The van der Waals surface area contributed by atoms with E-state index >= 15 is 0 Å². The fourth-order valence-corrected chi connectivity index (χ4v) is 7.49. The molecule has 0 aliphatic heterocycles. The summed E-state index contributed by atoms with van der Waals surface area (Å²) in [6, 6.07) is 21.7. The molecule has 1 atom stereocenters. The summed E-state index contributed by atoms with van der Waals surface area (Å²) in [5.41, 5.74) is 2.80. The summed E-state index contributed by atoms with van der Waals surface area (Å²) in [5, 5.41) is 3.78. The first kappa shape index (κ1) is 37.0. The van der Waals surface area contributed by atoms with Crippen LogP contribution in [0.25, 0.3) is 14.4 Å². The van der Waals surface area contributed by atoms with Crippen molar-refractivity contribution in [2.24, 2.45) is 11.3 Å². The van der Waals surface area contributed by atoms with Gasteiger partial charge in [-0.3, -0.25) is 0 Å². The van der Waals surface area contributed by atoms with Gasteiger partial charge >= 0.3 is 274 Å². The van der Waals surface area contributed by atoms with Crippen LogP contribution in [0.3, 0.4) is 0 Å². The number of rotatable bonds is 3. The van der Waals surface area contributed by atoms with E-state index in [1.54, 1.807) is 12.1 Å². The Kier molecular flexibility index (Phi) is 10.4. The first-order valence-corrected chi connectivity index (χ1v) is 15.8. The van der Waals surface area contributed by atoms with Gasteiger partial charge in [0.05, 0.1) is 0 Å². The first-order chi connectivity index (χ1) is 21.1. The van der Waals surface area contributed by atoms with Crippen molar-refractivity contribution in [3.8, 4) is 0 Å². The zero-order valence-corrected chi connectivity index (χ0v) is 29.8. The number of benzene rings is 4. The van der Waals surface area contributed by atoms with Crippen LogP contribution >= 0.6 is 0 Å². The molecule has 241 valence electrons. The molecule has 9 heteroatoms. The van der Waals surface area contributed by atoms with Crippen molar-refractivity contribution in [2.75, 3.05) is 0 Å². The summed E-state index contributed by atoms with van der Waals surface area (Å²) >= 11 is 1.16. The SMILES string of the molecule is CC1C=C(C(C)(C)C)C=C1c1c2c(ccc1=C(c1cccc(C(F)(F)F)c1)c1cccc(C(F)(F)F)c1)=c1ccccc1=[C]2[Zr+2].[Cl-].[Cl-]. The average molecular weight is 762 g/mol. The standard InChI is InChI=1S/C38H29F6.2ClH.Zr/c1-22-17-28(36(2,3)4)21-32(22)35-31(16-15-30-29-14-6-5-9-23(29)20-33(30)35)34(24-10-7-12-26(18-24)37(39,40)41)25-11-8-13-27(19-25)38(42,43)44;;;/h5-19,21-22H,1-4H3;2*1H;/q;;;+2/p-2. The van der Waals surface area contributed by atoms with Crippen LogP contribution < -0.4 is 35.3 Å². The van der Waals surface area contributed by atoms with Gasteiger partial charge in [-0.05, 0) is 0 Å². The van der Waals surface area contributed by atoms with Crippen LogP contribution in [0.15, 0.2) is 103 Å². The summed E-state index contributed by atoms with van der Waals surface area (Å²) in [7, 11) is 0. The molecule has 0 amide bonds. The van der Waals surface area contributed by atoms with E-state index in [-0.39, 0.29) is 47.3 Å². The quantitative estimate of drug-likeness (QED) is 0.282. The van der Waals surface area contributed by atoms with E-state index in [0.29, 0.717) is 10.8 Å². The summed E-state index contributed by atoms with van der Waals surface area (Å²) in [5.74, 6) is -0.0268. The maximum Gasteiger partial charge on any atom is -1.00 e. The normalized spacial score (nSPS) is 15.7. The Morgan fingerprint density at radius 2 is 1.17 bits per heavy atom. The fourth-order valence-electron chi connectivity index (χ4n) is 6.32. The van der Waals surface area contributed by atoms with Gasteiger partial charge in [0.25, 0.3) is 0 Å². The Morgan fingerprint density at radius 3 is 1.66 bits per heavy atom. The number of alkyl halides is 6. The van der Waals surface area contributed by atoms with Crippen molar-refractivity contribution in [3.05, 3.63) is 157 Å². The molecule has 4 aromatic rings. The maximum absolute atomic E-state index is 14.0. The average Bonchev–Trinajstić information content (AvgIpc) is 3.50. The topological polar surface area (TPSA) is 0 Å². The van der Waals surface area contributed by atoms with Crippen LogP contribution in [0.2, 0.25) is 0 Å². The summed E-state index contributed by atoms with van der Waals surface area (Å²) < 4.78 is 85.1. The molecule has 0 radical (unpaired) electrons. The molecule has 0 aromatic heterocycles. The van der Waals surface area contributed by atoms with Crippen LogP contribution in [0, 0.1) is 21.8 Å². The number of fused-ring (bicyclic) bond motifs is 2. The number of hydrogen-bond donors (Lipinski definition) is 0. The van der Waals surface area contributed by atoms with Gasteiger partial charge in [0, 0.05) is 0 Å². The minimum atomic E-state index is -4.63. The van der Waals surface area contributed by atoms with Gasteiger partial charge < -0.3 is 24.8 Å². The number of hydrogen-bond acceptors (Lipinski definition) is 0. The van der Waals surface area contributed by atoms with Crippen molar-refractivity contribution < 1.29 is 75.9 Å². The van der Waals surface area contributed by atoms with Crippen LogP contribution in [0.1, 0.15) is 61.1 Å². The minimum absolute atomic E-state index is 0. The fraction of sp³-hybridized carbons (Fsp3) is 0.211. The third-order valence-corrected chi connectivity index (χ3v) is 9.83. The molecule has 2 aliphatic carbocycles. The maximum atomic E-state index is 14.0. The molecule has 0 saturated carbocycles. The van der Waals surface area contributed by atoms with Crippen molar-refractivity contribution in [2.45, 2.75) is 40.0 Å². The van der Waals surface area contributed by atoms with E-state index in [0.717, 1.165) is 90.2 Å². The second-order valence-corrected chi connectivity index (χ2v) is 13.9. The number of allylic oxidation sites excluding steroid dienone is 4. The predicted molar refractivity (Wildman–Crippen MR) is 161 cm³/mol. The molecular weight excluding hydrogens is 733 g/mol. The molecule has 0 spiro atoms. The van der Waals surface area contributed by atoms with Crippen LogP contribution in [0.4, 0.5) is 26.3 Å². The molecule has 47 heavy (non-hydrogen) atoms. The van der Waals surface area contributed by atoms with Crippen molar-refractivity contribution in [1.29, 1.82) is 0 Å². The van der Waals surface area contributed by atoms with Gasteiger partial charge in [0.2, 0.25) is 0 Å². The third kappa shape index (κ3) is 6.86. The van der Waals surface area contributed by atoms with E-state index in [9.17, 15) is 26.3 Å². The molecule has 6 rings (SSSR count). The summed E-state index contributed by atoms with van der Waals surface area (Å²) in [6.07, 6.45) is -4.89. The molecule has 4 aromatic carbocycles. The van der Waals surface area contributed by atoms with Gasteiger partial charge in [0.15, 0.2) is 0 Å². The zero-order valence-electron chi connectivity index (χ0n) is 25.8. The van der Waals surface area contributed by atoms with Crippen LogP contribution in [0.5, 0.6) is 0 Å². The van der Waals surface area contributed by atoms with E-state index in [1.165, 1.54) is 12.1 Å². The first-order valence-electron chi connectivity index (χ1n) is 14.6. The Balaban J connectivity index is 0.00000250. The largest absolute Gasteiger partial charge is 1.00 e. The van der Waals surface area contributed by atoms with Gasteiger partial charge in [0.1, 0.15) is 0 Å². The van der Waals surface area contributed by atoms with E-state index in [4.69, 9.17) is 0 Å². The second-order valence-electron chi connectivity index (χ2n) is 12.6. The zero-order chi connectivity index (χ0) is 32.5. The van der Waals surface area contributed by atoms with E-state index in [2.05, 4.69) is 52.0 Å². The molecule has 0 nitrogen and oxygen atoms in total. The van der Waals surface area contributed by atoms with Gasteiger partial charge in [-0.2, -0.15) is 0 Å². The summed E-state index contributed by atoms with van der Waals surface area (Å²) in [6.45, 7) is 8.47. The third-order valence-electron chi connectivity index (χ3n) is 8.55. The Labute approximate surface area is 297 Å². The predicted octanol–water partition coefficient (Wildman–Crippen LogP) is 3.29. The molecule has 0 heterocycles. The Hall–Kier alpha value is -2.86. The van der Waals surface area contributed by atoms with E-state index < -0.39 is 23.5 Å². The van der Waals surface area contributed by atoms with Crippen molar-refractivity contribution >= 4 is 14.4 Å². The Bertz CT molecular complexity index is 2090. The molecule has 0 fully saturated rings. The molecule has 0 saturated heterocycles. The summed E-state index contributed by atoms with van der Waals surface area (Å²) in [4.78, 5) is 0. The smallest absolute Gasteiger partial charge is 1.00 e. The van der Waals surface area contributed by atoms with Crippen molar-refractivity contribution in [3.63, 3.8) is 0 Å². The van der Waals surface area contributed by atoms with Crippen molar-refractivity contribution in [1.82, 2.24) is 0 Å². The molecule has 1 unspecified atom stereocenters. The van der Waals surface area contributed by atoms with Gasteiger partial charge in [-0.1, -0.05) is 0 Å². The van der Waals surface area contributed by atoms with Gasteiger partial charge in [-0.25, -0.2) is 0 Å². The molecule has 0 bridgehead atoms. The van der Waals surface area contributed by atoms with E-state index in [1.807, 2.05) is 24.3 Å². The molecular formula is C38H29Cl2F6Zr. The second kappa shape index (κ2) is 13.2. The number of halogens is 8. The minimum Gasteiger partial charge on any atom is -1.00 e. The molecule has 2 aliphatic rings.